The zero-order valence-corrected chi connectivity index (χ0v) is 12.3. The molecule has 0 bridgehead atoms. The first-order valence-electron chi connectivity index (χ1n) is 7.01. The highest BCUT2D eigenvalue weighted by atomic mass is 15.1. The van der Waals surface area contributed by atoms with E-state index < -0.39 is 0 Å². The van der Waals surface area contributed by atoms with E-state index in [9.17, 15) is 0 Å². The van der Waals surface area contributed by atoms with Gasteiger partial charge in [-0.15, -0.1) is 0 Å². The molecular weight excluding hydrogens is 208 g/mol. The third-order valence-electron chi connectivity index (χ3n) is 4.20. The van der Waals surface area contributed by atoms with Crippen molar-refractivity contribution in [2.75, 3.05) is 19.6 Å². The summed E-state index contributed by atoms with van der Waals surface area (Å²) in [6, 6.07) is 0. The predicted molar refractivity (Wildman–Crippen MR) is 76.1 cm³/mol. The fourth-order valence-corrected chi connectivity index (χ4v) is 2.45. The molecule has 0 saturated carbocycles. The standard InChI is InChI=1S/C15H30N2/c1-6-15(16,7-2)12-17-10-8-13(9-11-17)14(3,4)5/h8H,6-7,9-12,16H2,1-5H3. The molecule has 0 aromatic rings. The van der Waals surface area contributed by atoms with Gasteiger partial charge in [-0.3, -0.25) is 4.90 Å². The normalized spacial score (nSPS) is 19.3. The highest BCUT2D eigenvalue weighted by molar-refractivity contribution is 5.14. The molecule has 0 radical (unpaired) electrons. The number of nitrogens with zero attached hydrogens (tertiary/aromatic N) is 1. The van der Waals surface area contributed by atoms with Gasteiger partial charge in [0.2, 0.25) is 0 Å². The molecule has 0 amide bonds. The van der Waals surface area contributed by atoms with Crippen molar-refractivity contribution in [1.29, 1.82) is 0 Å². The lowest BCUT2D eigenvalue weighted by Crippen LogP contribution is -2.50. The molecule has 0 atom stereocenters. The number of rotatable bonds is 4. The minimum Gasteiger partial charge on any atom is -0.324 e. The van der Waals surface area contributed by atoms with Crippen molar-refractivity contribution in [2.45, 2.75) is 59.4 Å². The molecule has 0 saturated heterocycles. The van der Waals surface area contributed by atoms with Crippen LogP contribution >= 0.6 is 0 Å². The third kappa shape index (κ3) is 4.11. The molecule has 2 heteroatoms. The quantitative estimate of drug-likeness (QED) is 0.762. The van der Waals surface area contributed by atoms with Gasteiger partial charge in [0.1, 0.15) is 0 Å². The fourth-order valence-electron chi connectivity index (χ4n) is 2.45. The average molecular weight is 238 g/mol. The first kappa shape index (κ1) is 14.7. The predicted octanol–water partition coefficient (Wildman–Crippen LogP) is 3.18. The van der Waals surface area contributed by atoms with Gasteiger partial charge in [0.25, 0.3) is 0 Å². The zero-order valence-electron chi connectivity index (χ0n) is 12.3. The Kier molecular flexibility index (Phi) is 4.79. The summed E-state index contributed by atoms with van der Waals surface area (Å²) in [5.41, 5.74) is 8.33. The lowest BCUT2D eigenvalue weighted by molar-refractivity contribution is 0.205. The summed E-state index contributed by atoms with van der Waals surface area (Å²) < 4.78 is 0. The highest BCUT2D eigenvalue weighted by Gasteiger charge is 2.26. The summed E-state index contributed by atoms with van der Waals surface area (Å²) in [7, 11) is 0. The van der Waals surface area contributed by atoms with E-state index in [0.717, 1.165) is 25.9 Å². The molecule has 100 valence electrons. The van der Waals surface area contributed by atoms with Gasteiger partial charge in [0.15, 0.2) is 0 Å². The lowest BCUT2D eigenvalue weighted by atomic mass is 9.82. The maximum absolute atomic E-state index is 6.39. The minimum absolute atomic E-state index is 0.00702. The average Bonchev–Trinajstić information content (AvgIpc) is 2.28. The van der Waals surface area contributed by atoms with Crippen LogP contribution in [-0.4, -0.2) is 30.1 Å². The third-order valence-corrected chi connectivity index (χ3v) is 4.20. The number of nitrogens with two attached hydrogens (primary N) is 1. The van der Waals surface area contributed by atoms with Crippen LogP contribution in [0.4, 0.5) is 0 Å². The van der Waals surface area contributed by atoms with E-state index in [1.54, 1.807) is 5.57 Å². The van der Waals surface area contributed by atoms with E-state index in [1.807, 2.05) is 0 Å². The molecule has 0 fully saturated rings. The number of hydrogen-bond acceptors (Lipinski definition) is 2. The molecule has 1 rings (SSSR count). The molecule has 0 aromatic heterocycles. The van der Waals surface area contributed by atoms with Crippen LogP contribution in [0.25, 0.3) is 0 Å². The summed E-state index contributed by atoms with van der Waals surface area (Å²) in [4.78, 5) is 2.50. The van der Waals surface area contributed by atoms with Crippen LogP contribution in [0.1, 0.15) is 53.9 Å². The van der Waals surface area contributed by atoms with Crippen LogP contribution in [0.3, 0.4) is 0 Å². The van der Waals surface area contributed by atoms with E-state index in [-0.39, 0.29) is 5.54 Å². The Bertz CT molecular complexity index is 269. The maximum atomic E-state index is 6.39. The molecule has 1 aliphatic rings. The van der Waals surface area contributed by atoms with E-state index in [4.69, 9.17) is 5.73 Å². The first-order valence-corrected chi connectivity index (χ1v) is 7.01. The van der Waals surface area contributed by atoms with Crippen molar-refractivity contribution in [3.8, 4) is 0 Å². The van der Waals surface area contributed by atoms with Crippen LogP contribution in [0.5, 0.6) is 0 Å². The van der Waals surface area contributed by atoms with Gasteiger partial charge < -0.3 is 5.73 Å². The van der Waals surface area contributed by atoms with Crippen molar-refractivity contribution in [2.24, 2.45) is 11.1 Å². The Balaban J connectivity index is 2.55. The topological polar surface area (TPSA) is 29.3 Å². The lowest BCUT2D eigenvalue weighted by Gasteiger charge is -2.37. The van der Waals surface area contributed by atoms with E-state index in [2.05, 4.69) is 45.6 Å². The van der Waals surface area contributed by atoms with Crippen LogP contribution in [-0.2, 0) is 0 Å². The zero-order chi connectivity index (χ0) is 13.1. The smallest absolute Gasteiger partial charge is 0.0278 e. The van der Waals surface area contributed by atoms with Crippen molar-refractivity contribution in [3.05, 3.63) is 11.6 Å². The summed E-state index contributed by atoms with van der Waals surface area (Å²) in [5.74, 6) is 0. The van der Waals surface area contributed by atoms with Crippen molar-refractivity contribution in [1.82, 2.24) is 4.90 Å². The molecule has 17 heavy (non-hydrogen) atoms. The Morgan fingerprint density at radius 1 is 1.24 bits per heavy atom. The van der Waals surface area contributed by atoms with Gasteiger partial charge in [-0.05, 0) is 24.7 Å². The van der Waals surface area contributed by atoms with Gasteiger partial charge in [-0.25, -0.2) is 0 Å². The Morgan fingerprint density at radius 2 is 1.82 bits per heavy atom. The largest absolute Gasteiger partial charge is 0.324 e. The van der Waals surface area contributed by atoms with Crippen LogP contribution in [0, 0.1) is 5.41 Å². The van der Waals surface area contributed by atoms with E-state index in [1.165, 1.54) is 13.0 Å². The van der Waals surface area contributed by atoms with Crippen molar-refractivity contribution < 1.29 is 0 Å². The minimum atomic E-state index is 0.00702. The summed E-state index contributed by atoms with van der Waals surface area (Å²) >= 11 is 0. The van der Waals surface area contributed by atoms with Crippen LogP contribution < -0.4 is 5.73 Å². The second kappa shape index (κ2) is 5.53. The van der Waals surface area contributed by atoms with Crippen LogP contribution in [0.2, 0.25) is 0 Å². The molecule has 1 heterocycles. The fraction of sp³-hybridized carbons (Fsp3) is 0.867. The van der Waals surface area contributed by atoms with Crippen molar-refractivity contribution in [3.63, 3.8) is 0 Å². The molecule has 0 unspecified atom stereocenters. The highest BCUT2D eigenvalue weighted by Crippen LogP contribution is 2.30. The summed E-state index contributed by atoms with van der Waals surface area (Å²) in [6.07, 6.45) is 5.74. The maximum Gasteiger partial charge on any atom is 0.0278 e. The second-order valence-corrected chi connectivity index (χ2v) is 6.53. The van der Waals surface area contributed by atoms with Gasteiger partial charge in [-0.1, -0.05) is 46.3 Å². The Labute approximate surface area is 107 Å². The molecule has 0 aromatic carbocycles. The number of hydrogen-bond donors (Lipinski definition) is 1. The van der Waals surface area contributed by atoms with Crippen molar-refractivity contribution >= 4 is 0 Å². The molecule has 1 aliphatic heterocycles. The molecule has 2 N–H and O–H groups in total. The van der Waals surface area contributed by atoms with E-state index >= 15 is 0 Å². The van der Waals surface area contributed by atoms with Gasteiger partial charge in [-0.2, -0.15) is 0 Å². The van der Waals surface area contributed by atoms with Gasteiger partial charge in [0.05, 0.1) is 0 Å². The summed E-state index contributed by atoms with van der Waals surface area (Å²) in [6.45, 7) is 14.6. The monoisotopic (exact) mass is 238 g/mol. The molecule has 2 nitrogen and oxygen atoms in total. The van der Waals surface area contributed by atoms with Gasteiger partial charge in [0, 0.05) is 25.2 Å². The molecule has 0 aliphatic carbocycles. The molecular formula is C15H30N2. The SMILES string of the molecule is CCC(N)(CC)CN1CC=C(C(C)(C)C)CC1. The molecule has 0 spiro atoms. The second-order valence-electron chi connectivity index (χ2n) is 6.53. The Morgan fingerprint density at radius 3 is 2.18 bits per heavy atom. The van der Waals surface area contributed by atoms with Crippen LogP contribution in [0.15, 0.2) is 11.6 Å². The Hall–Kier alpha value is -0.340. The first-order chi connectivity index (χ1) is 7.80. The van der Waals surface area contributed by atoms with E-state index in [0.29, 0.717) is 5.41 Å². The van der Waals surface area contributed by atoms with Gasteiger partial charge >= 0.3 is 0 Å². The summed E-state index contributed by atoms with van der Waals surface area (Å²) in [5, 5.41) is 0.